The van der Waals surface area contributed by atoms with Gasteiger partial charge >= 0.3 is 0 Å². The van der Waals surface area contributed by atoms with Crippen LogP contribution in [0.5, 0.6) is 0 Å². The Labute approximate surface area is 93.0 Å². The molecule has 0 aliphatic carbocycles. The molecule has 1 atom stereocenters. The summed E-state index contributed by atoms with van der Waals surface area (Å²) in [5.41, 5.74) is 3.62. The molecule has 1 heterocycles. The van der Waals surface area contributed by atoms with E-state index in [1.807, 2.05) is 12.1 Å². The topological polar surface area (TPSA) is 51.2 Å². The maximum Gasteiger partial charge on any atom is 0.123 e. The normalized spacial score (nSPS) is 12.6. The van der Waals surface area contributed by atoms with E-state index in [0.717, 1.165) is 11.3 Å². The van der Waals surface area contributed by atoms with Crippen LogP contribution in [-0.4, -0.2) is 0 Å². The third kappa shape index (κ3) is 2.48. The lowest BCUT2D eigenvalue weighted by Crippen LogP contribution is -2.29. The van der Waals surface area contributed by atoms with Crippen molar-refractivity contribution in [3.05, 3.63) is 59.8 Å². The number of rotatable bonds is 4. The Morgan fingerprint density at radius 3 is 2.56 bits per heavy atom. The molecule has 4 heteroatoms. The molecule has 0 fully saturated rings. The number of nitrogens with one attached hydrogen (secondary N) is 1. The van der Waals surface area contributed by atoms with Crippen molar-refractivity contribution in [2.75, 3.05) is 0 Å². The van der Waals surface area contributed by atoms with Gasteiger partial charge in [0.2, 0.25) is 0 Å². The summed E-state index contributed by atoms with van der Waals surface area (Å²) in [7, 11) is 0. The van der Waals surface area contributed by atoms with Crippen LogP contribution in [0.15, 0.2) is 47.1 Å². The predicted octanol–water partition coefficient (Wildman–Crippen LogP) is 2.17. The van der Waals surface area contributed by atoms with Gasteiger partial charge in [0.15, 0.2) is 0 Å². The van der Waals surface area contributed by atoms with Crippen molar-refractivity contribution in [2.24, 2.45) is 5.84 Å². The second-order valence-corrected chi connectivity index (χ2v) is 3.55. The Morgan fingerprint density at radius 1 is 1.25 bits per heavy atom. The number of hydrazine groups is 1. The van der Waals surface area contributed by atoms with Crippen LogP contribution in [0.2, 0.25) is 0 Å². The number of halogens is 1. The fourth-order valence-electron chi connectivity index (χ4n) is 1.60. The molecule has 3 nitrogen and oxygen atoms in total. The molecule has 0 saturated heterocycles. The van der Waals surface area contributed by atoms with E-state index in [-0.39, 0.29) is 11.9 Å². The summed E-state index contributed by atoms with van der Waals surface area (Å²) in [5, 5.41) is 0. The summed E-state index contributed by atoms with van der Waals surface area (Å²) in [6.45, 7) is 0. The van der Waals surface area contributed by atoms with Gasteiger partial charge in [0, 0.05) is 6.42 Å². The minimum absolute atomic E-state index is 0.0771. The average molecular weight is 220 g/mol. The first kappa shape index (κ1) is 10.9. The molecule has 2 rings (SSSR count). The van der Waals surface area contributed by atoms with Crippen LogP contribution < -0.4 is 11.3 Å². The van der Waals surface area contributed by atoms with Crippen molar-refractivity contribution in [3.63, 3.8) is 0 Å². The Balaban J connectivity index is 2.13. The van der Waals surface area contributed by atoms with E-state index in [0.29, 0.717) is 6.42 Å². The second kappa shape index (κ2) is 4.92. The minimum Gasteiger partial charge on any atom is -0.469 e. The Bertz CT molecular complexity index is 425. The lowest BCUT2D eigenvalue weighted by molar-refractivity contribution is 0.454. The zero-order valence-corrected chi connectivity index (χ0v) is 8.69. The van der Waals surface area contributed by atoms with E-state index in [1.165, 1.54) is 12.1 Å². The number of hydrogen-bond donors (Lipinski definition) is 2. The van der Waals surface area contributed by atoms with Crippen LogP contribution in [0.4, 0.5) is 4.39 Å². The fraction of sp³-hybridized carbons (Fsp3) is 0.167. The van der Waals surface area contributed by atoms with Gasteiger partial charge in [0.25, 0.3) is 0 Å². The SMILES string of the molecule is NNC(Cc1ccco1)c1ccc(F)cc1. The van der Waals surface area contributed by atoms with Crippen LogP contribution in [0.1, 0.15) is 17.4 Å². The predicted molar refractivity (Wildman–Crippen MR) is 58.9 cm³/mol. The van der Waals surface area contributed by atoms with Crippen LogP contribution in [-0.2, 0) is 6.42 Å². The number of hydrogen-bond acceptors (Lipinski definition) is 3. The van der Waals surface area contributed by atoms with Crippen LogP contribution >= 0.6 is 0 Å². The minimum atomic E-state index is -0.252. The monoisotopic (exact) mass is 220 g/mol. The first-order valence-corrected chi connectivity index (χ1v) is 5.03. The first-order chi connectivity index (χ1) is 7.79. The van der Waals surface area contributed by atoms with Crippen molar-refractivity contribution in [3.8, 4) is 0 Å². The zero-order valence-electron chi connectivity index (χ0n) is 8.69. The molecule has 0 radical (unpaired) electrons. The van der Waals surface area contributed by atoms with Gasteiger partial charge in [-0.3, -0.25) is 11.3 Å². The van der Waals surface area contributed by atoms with Gasteiger partial charge in [0.1, 0.15) is 11.6 Å². The molecule has 1 unspecified atom stereocenters. The van der Waals surface area contributed by atoms with Crippen molar-refractivity contribution in [1.29, 1.82) is 0 Å². The van der Waals surface area contributed by atoms with Crippen molar-refractivity contribution in [1.82, 2.24) is 5.43 Å². The lowest BCUT2D eigenvalue weighted by atomic mass is 10.0. The maximum absolute atomic E-state index is 12.8. The Morgan fingerprint density at radius 2 is 2.00 bits per heavy atom. The molecule has 0 saturated carbocycles. The first-order valence-electron chi connectivity index (χ1n) is 5.03. The van der Waals surface area contributed by atoms with Gasteiger partial charge < -0.3 is 4.42 Å². The smallest absolute Gasteiger partial charge is 0.123 e. The molecule has 2 aromatic rings. The largest absolute Gasteiger partial charge is 0.469 e. The summed E-state index contributed by atoms with van der Waals surface area (Å²) >= 11 is 0. The van der Waals surface area contributed by atoms with Gasteiger partial charge in [-0.2, -0.15) is 0 Å². The van der Waals surface area contributed by atoms with Gasteiger partial charge in [-0.1, -0.05) is 12.1 Å². The van der Waals surface area contributed by atoms with Crippen molar-refractivity contribution >= 4 is 0 Å². The molecule has 0 spiro atoms. The van der Waals surface area contributed by atoms with E-state index in [2.05, 4.69) is 5.43 Å². The van der Waals surface area contributed by atoms with Crippen LogP contribution in [0.3, 0.4) is 0 Å². The van der Waals surface area contributed by atoms with Crippen molar-refractivity contribution < 1.29 is 8.81 Å². The Kier molecular flexibility index (Phi) is 3.34. The molecule has 0 bridgehead atoms. The summed E-state index contributed by atoms with van der Waals surface area (Å²) in [5.74, 6) is 6.06. The van der Waals surface area contributed by atoms with E-state index in [9.17, 15) is 4.39 Å². The molecule has 0 aliphatic heterocycles. The zero-order chi connectivity index (χ0) is 11.4. The highest BCUT2D eigenvalue weighted by atomic mass is 19.1. The Hall–Kier alpha value is -1.65. The molecular formula is C12H13FN2O. The van der Waals surface area contributed by atoms with Gasteiger partial charge in [0.05, 0.1) is 12.3 Å². The van der Waals surface area contributed by atoms with Gasteiger partial charge in [-0.15, -0.1) is 0 Å². The fourth-order valence-corrected chi connectivity index (χ4v) is 1.60. The molecule has 3 N–H and O–H groups in total. The van der Waals surface area contributed by atoms with E-state index >= 15 is 0 Å². The molecule has 1 aromatic heterocycles. The van der Waals surface area contributed by atoms with Gasteiger partial charge in [-0.05, 0) is 29.8 Å². The van der Waals surface area contributed by atoms with Gasteiger partial charge in [-0.25, -0.2) is 4.39 Å². The third-order valence-electron chi connectivity index (χ3n) is 2.46. The summed E-state index contributed by atoms with van der Waals surface area (Å²) < 4.78 is 18.0. The highest BCUT2D eigenvalue weighted by molar-refractivity contribution is 5.21. The molecule has 1 aromatic carbocycles. The van der Waals surface area contributed by atoms with Crippen molar-refractivity contribution in [2.45, 2.75) is 12.5 Å². The molecule has 0 amide bonds. The standard InChI is InChI=1S/C12H13FN2O/c13-10-5-3-9(4-6-10)12(15-14)8-11-2-1-7-16-11/h1-7,12,15H,8,14H2. The molecule has 84 valence electrons. The molecule has 16 heavy (non-hydrogen) atoms. The summed E-state index contributed by atoms with van der Waals surface area (Å²) in [6.07, 6.45) is 2.25. The van der Waals surface area contributed by atoms with E-state index in [1.54, 1.807) is 18.4 Å². The van der Waals surface area contributed by atoms with E-state index < -0.39 is 0 Å². The quantitative estimate of drug-likeness (QED) is 0.613. The van der Waals surface area contributed by atoms with E-state index in [4.69, 9.17) is 10.3 Å². The average Bonchev–Trinajstić information content (AvgIpc) is 2.80. The highest BCUT2D eigenvalue weighted by Crippen LogP contribution is 2.18. The molecule has 0 aliphatic rings. The van der Waals surface area contributed by atoms with Crippen LogP contribution in [0, 0.1) is 5.82 Å². The number of furan rings is 1. The number of nitrogens with two attached hydrogens (primary N) is 1. The number of benzene rings is 1. The summed E-state index contributed by atoms with van der Waals surface area (Å²) in [4.78, 5) is 0. The maximum atomic E-state index is 12.8. The summed E-state index contributed by atoms with van der Waals surface area (Å²) in [6, 6.07) is 9.89. The van der Waals surface area contributed by atoms with Crippen LogP contribution in [0.25, 0.3) is 0 Å². The lowest BCUT2D eigenvalue weighted by Gasteiger charge is -2.14. The highest BCUT2D eigenvalue weighted by Gasteiger charge is 2.11. The second-order valence-electron chi connectivity index (χ2n) is 3.55. The molecular weight excluding hydrogens is 207 g/mol. The third-order valence-corrected chi connectivity index (χ3v) is 2.46.